The average Bonchev–Trinajstić information content (AvgIpc) is 3.35. The van der Waals surface area contributed by atoms with Crippen LogP contribution in [0.3, 0.4) is 0 Å². The Balaban J connectivity index is 1.24. The molecule has 3 amide bonds. The number of hydrogen-bond acceptors (Lipinski definition) is 3. The van der Waals surface area contributed by atoms with Gasteiger partial charge in [0.15, 0.2) is 0 Å². The van der Waals surface area contributed by atoms with Gasteiger partial charge in [0.25, 0.3) is 0 Å². The molecule has 6 heteroatoms. The van der Waals surface area contributed by atoms with Crippen LogP contribution in [0.2, 0.25) is 0 Å². The van der Waals surface area contributed by atoms with E-state index in [1.54, 1.807) is 0 Å². The maximum atomic E-state index is 12.9. The predicted octanol–water partition coefficient (Wildman–Crippen LogP) is 4.44. The van der Waals surface area contributed by atoms with Crippen molar-refractivity contribution in [2.24, 2.45) is 0 Å². The Morgan fingerprint density at radius 2 is 1.66 bits per heavy atom. The highest BCUT2D eigenvalue weighted by molar-refractivity contribution is 5.77. The maximum Gasteiger partial charge on any atom is 0.317 e. The molecule has 1 N–H and O–H groups in total. The van der Waals surface area contributed by atoms with E-state index in [2.05, 4.69) is 11.4 Å². The summed E-state index contributed by atoms with van der Waals surface area (Å²) in [6.45, 7) is 3.24. The number of hydrogen-bond donors (Lipinski definition) is 1. The van der Waals surface area contributed by atoms with Crippen LogP contribution in [0.15, 0.2) is 24.3 Å². The van der Waals surface area contributed by atoms with Gasteiger partial charge < -0.3 is 19.9 Å². The number of urea groups is 1. The highest BCUT2D eigenvalue weighted by atomic mass is 16.5. The van der Waals surface area contributed by atoms with Crippen molar-refractivity contribution in [2.45, 2.75) is 88.2 Å². The van der Waals surface area contributed by atoms with Crippen LogP contribution in [0.25, 0.3) is 0 Å². The average molecular weight is 440 g/mol. The zero-order valence-corrected chi connectivity index (χ0v) is 19.2. The molecule has 6 nitrogen and oxygen atoms in total. The van der Waals surface area contributed by atoms with Crippen LogP contribution in [0.4, 0.5) is 4.79 Å². The zero-order chi connectivity index (χ0) is 22.0. The third kappa shape index (κ3) is 4.60. The number of ether oxygens (including phenoxy) is 1. The first kappa shape index (κ1) is 21.6. The standard InChI is InChI=1S/C26H37N3O3/c30-24(28-14-6-7-15-28)18-20-19-26(32-23-11-5-4-10-22(20)23)12-16-29(17-13-26)25(31)27-21-8-2-1-3-9-21/h4-5,10-11,20-21H,1-3,6-9,12-19H2,(H,27,31)/t20-/m1/s1. The summed E-state index contributed by atoms with van der Waals surface area (Å²) in [7, 11) is 0. The van der Waals surface area contributed by atoms with Crippen molar-refractivity contribution in [3.8, 4) is 5.75 Å². The van der Waals surface area contributed by atoms with Gasteiger partial charge in [-0.05, 0) is 43.7 Å². The summed E-state index contributed by atoms with van der Waals surface area (Å²) in [6.07, 6.45) is 11.3. The third-order valence-electron chi connectivity index (χ3n) is 8.08. The molecular weight excluding hydrogens is 402 g/mol. The lowest BCUT2D eigenvalue weighted by molar-refractivity contribution is -0.131. The molecule has 1 aromatic carbocycles. The van der Waals surface area contributed by atoms with Crippen LogP contribution < -0.4 is 10.1 Å². The quantitative estimate of drug-likeness (QED) is 0.757. The minimum Gasteiger partial charge on any atom is -0.487 e. The Hall–Kier alpha value is -2.24. The van der Waals surface area contributed by atoms with Crippen molar-refractivity contribution in [3.05, 3.63) is 29.8 Å². The van der Waals surface area contributed by atoms with Gasteiger partial charge >= 0.3 is 6.03 Å². The fourth-order valence-electron chi connectivity index (χ4n) is 6.17. The van der Waals surface area contributed by atoms with Gasteiger partial charge in [0.2, 0.25) is 5.91 Å². The van der Waals surface area contributed by atoms with Crippen LogP contribution in [0.5, 0.6) is 5.75 Å². The molecule has 2 saturated heterocycles. The van der Waals surface area contributed by atoms with Gasteiger partial charge in [-0.2, -0.15) is 0 Å². The summed E-state index contributed by atoms with van der Waals surface area (Å²) in [5, 5.41) is 3.26. The van der Waals surface area contributed by atoms with E-state index in [0.717, 1.165) is 63.8 Å². The summed E-state index contributed by atoms with van der Waals surface area (Å²) < 4.78 is 6.59. The molecule has 3 heterocycles. The van der Waals surface area contributed by atoms with Crippen molar-refractivity contribution in [1.82, 2.24) is 15.1 Å². The van der Waals surface area contributed by atoms with E-state index in [-0.39, 0.29) is 23.5 Å². The number of carbonyl (C=O) groups is 2. The first-order valence-electron chi connectivity index (χ1n) is 12.7. The molecular formula is C26H37N3O3. The van der Waals surface area contributed by atoms with Crippen molar-refractivity contribution in [3.63, 3.8) is 0 Å². The second-order valence-electron chi connectivity index (χ2n) is 10.3. The Bertz CT molecular complexity index is 821. The monoisotopic (exact) mass is 439 g/mol. The topological polar surface area (TPSA) is 61.9 Å². The molecule has 0 aromatic heterocycles. The molecule has 1 aromatic rings. The van der Waals surface area contributed by atoms with E-state index in [4.69, 9.17) is 4.74 Å². The van der Waals surface area contributed by atoms with E-state index in [0.29, 0.717) is 25.6 Å². The first-order valence-corrected chi connectivity index (χ1v) is 12.7. The van der Waals surface area contributed by atoms with E-state index in [9.17, 15) is 9.59 Å². The number of para-hydroxylation sites is 1. The Labute approximate surface area is 191 Å². The number of fused-ring (bicyclic) bond motifs is 1. The summed E-state index contributed by atoms with van der Waals surface area (Å²) in [5.74, 6) is 1.40. The molecule has 1 aliphatic carbocycles. The normalized spacial score (nSPS) is 25.3. The van der Waals surface area contributed by atoms with E-state index in [1.165, 1.54) is 24.8 Å². The van der Waals surface area contributed by atoms with Gasteiger partial charge in [-0.1, -0.05) is 37.5 Å². The predicted molar refractivity (Wildman–Crippen MR) is 124 cm³/mol. The lowest BCUT2D eigenvalue weighted by Crippen LogP contribution is -2.55. The van der Waals surface area contributed by atoms with Gasteiger partial charge in [-0.15, -0.1) is 0 Å². The fourth-order valence-corrected chi connectivity index (χ4v) is 6.17. The molecule has 5 rings (SSSR count). The van der Waals surface area contributed by atoms with Crippen LogP contribution in [0, 0.1) is 0 Å². The second-order valence-corrected chi connectivity index (χ2v) is 10.3. The molecule has 174 valence electrons. The van der Waals surface area contributed by atoms with Crippen LogP contribution >= 0.6 is 0 Å². The van der Waals surface area contributed by atoms with Crippen molar-refractivity contribution in [1.29, 1.82) is 0 Å². The molecule has 4 aliphatic rings. The van der Waals surface area contributed by atoms with Crippen LogP contribution in [-0.4, -0.2) is 59.6 Å². The van der Waals surface area contributed by atoms with Gasteiger partial charge in [-0.25, -0.2) is 4.79 Å². The fraction of sp³-hybridized carbons (Fsp3) is 0.692. The third-order valence-corrected chi connectivity index (χ3v) is 8.08. The molecule has 32 heavy (non-hydrogen) atoms. The molecule has 0 unspecified atom stereocenters. The molecule has 3 aliphatic heterocycles. The SMILES string of the molecule is O=C(C[C@@H]1CC2(CCN(C(=O)NC3CCCCC3)CC2)Oc2ccccc21)N1CCCC1. The van der Waals surface area contributed by atoms with E-state index >= 15 is 0 Å². The van der Waals surface area contributed by atoms with Gasteiger partial charge in [0, 0.05) is 57.4 Å². The van der Waals surface area contributed by atoms with Crippen LogP contribution in [0.1, 0.15) is 82.1 Å². The molecule has 0 radical (unpaired) electrons. The Kier molecular flexibility index (Phi) is 6.29. The minimum atomic E-state index is -0.272. The van der Waals surface area contributed by atoms with Gasteiger partial charge in [0.05, 0.1) is 0 Å². The number of benzene rings is 1. The molecule has 1 saturated carbocycles. The van der Waals surface area contributed by atoms with Gasteiger partial charge in [0.1, 0.15) is 11.4 Å². The maximum absolute atomic E-state index is 12.9. The van der Waals surface area contributed by atoms with Crippen molar-refractivity contribution in [2.75, 3.05) is 26.2 Å². The minimum absolute atomic E-state index is 0.0868. The number of nitrogens with one attached hydrogen (secondary N) is 1. The lowest BCUT2D eigenvalue weighted by Gasteiger charge is -2.47. The number of likely N-dealkylation sites (tertiary alicyclic amines) is 2. The van der Waals surface area contributed by atoms with Crippen molar-refractivity contribution >= 4 is 11.9 Å². The number of amides is 3. The summed E-state index contributed by atoms with van der Waals surface area (Å²) in [6, 6.07) is 8.66. The number of nitrogens with zero attached hydrogens (tertiary/aromatic N) is 2. The van der Waals surface area contributed by atoms with Gasteiger partial charge in [-0.3, -0.25) is 4.79 Å². The summed E-state index contributed by atoms with van der Waals surface area (Å²) >= 11 is 0. The highest BCUT2D eigenvalue weighted by Crippen LogP contribution is 2.46. The smallest absolute Gasteiger partial charge is 0.317 e. The Morgan fingerprint density at radius 3 is 2.41 bits per heavy atom. The number of piperidine rings is 1. The van der Waals surface area contributed by atoms with Crippen molar-refractivity contribution < 1.29 is 14.3 Å². The number of rotatable bonds is 3. The van der Waals surface area contributed by atoms with E-state index < -0.39 is 0 Å². The Morgan fingerprint density at radius 1 is 0.938 bits per heavy atom. The largest absolute Gasteiger partial charge is 0.487 e. The van der Waals surface area contributed by atoms with E-state index in [1.807, 2.05) is 28.0 Å². The molecule has 1 atom stereocenters. The molecule has 1 spiro atoms. The summed E-state index contributed by atoms with van der Waals surface area (Å²) in [4.78, 5) is 29.8. The number of carbonyl (C=O) groups excluding carboxylic acids is 2. The summed E-state index contributed by atoms with van der Waals surface area (Å²) in [5.41, 5.74) is 0.898. The highest BCUT2D eigenvalue weighted by Gasteiger charge is 2.44. The molecule has 0 bridgehead atoms. The second kappa shape index (κ2) is 9.32. The molecule has 3 fully saturated rings. The van der Waals surface area contributed by atoms with Crippen LogP contribution in [-0.2, 0) is 4.79 Å². The lowest BCUT2D eigenvalue weighted by atomic mass is 9.76. The zero-order valence-electron chi connectivity index (χ0n) is 19.2. The first-order chi connectivity index (χ1) is 15.6.